The Hall–Kier alpha value is -4.34. The van der Waals surface area contributed by atoms with Crippen LogP contribution in [0.3, 0.4) is 0 Å². The summed E-state index contributed by atoms with van der Waals surface area (Å²) in [6.45, 7) is 2.84. The minimum Gasteiger partial charge on any atom is -0.408 e. The second kappa shape index (κ2) is 10.4. The Morgan fingerprint density at radius 2 is 1.77 bits per heavy atom. The van der Waals surface area contributed by atoms with Gasteiger partial charge in [-0.3, -0.25) is 14.2 Å². The number of anilines is 3. The SMILES string of the molecule is CC(=O)N(CCN(C)C)c1ccc(N/C(=C2\C(=O)Nc3cc(Cl)ccc32)c2ccc3c(c2)oc(=O)n3C)cc1. The summed E-state index contributed by atoms with van der Waals surface area (Å²) in [5.41, 5.74) is 5.46. The number of fused-ring (bicyclic) bond motifs is 2. The molecule has 2 amide bonds. The van der Waals surface area contributed by atoms with Crippen molar-refractivity contribution in [3.8, 4) is 0 Å². The molecule has 2 N–H and O–H groups in total. The fourth-order valence-electron chi connectivity index (χ4n) is 4.60. The Bertz CT molecular complexity index is 1680. The topological polar surface area (TPSA) is 99.8 Å². The van der Waals surface area contributed by atoms with E-state index < -0.39 is 5.76 Å². The van der Waals surface area contributed by atoms with Gasteiger partial charge in [0.1, 0.15) is 0 Å². The third kappa shape index (κ3) is 5.19. The molecule has 0 saturated carbocycles. The molecular formula is C29H28ClN5O4. The van der Waals surface area contributed by atoms with Crippen LogP contribution < -0.4 is 21.3 Å². The van der Waals surface area contributed by atoms with Gasteiger partial charge in [-0.2, -0.15) is 0 Å². The number of nitrogens with zero attached hydrogens (tertiary/aromatic N) is 3. The number of aryl methyl sites for hydroxylation is 1. The number of nitrogens with one attached hydrogen (secondary N) is 2. The highest BCUT2D eigenvalue weighted by Crippen LogP contribution is 2.39. The van der Waals surface area contributed by atoms with Crippen molar-refractivity contribution < 1.29 is 14.0 Å². The molecule has 39 heavy (non-hydrogen) atoms. The molecule has 4 aromatic rings. The smallest absolute Gasteiger partial charge is 0.408 e. The maximum absolute atomic E-state index is 13.2. The molecule has 1 aliphatic heterocycles. The first kappa shape index (κ1) is 26.3. The Kier molecular flexibility index (Phi) is 7.03. The van der Waals surface area contributed by atoms with Gasteiger partial charge in [-0.1, -0.05) is 23.7 Å². The summed E-state index contributed by atoms with van der Waals surface area (Å²) in [4.78, 5) is 41.4. The molecule has 0 unspecified atom stereocenters. The summed E-state index contributed by atoms with van der Waals surface area (Å²) < 4.78 is 6.84. The van der Waals surface area contributed by atoms with Gasteiger partial charge in [-0.05, 0) is 62.6 Å². The predicted molar refractivity (Wildman–Crippen MR) is 155 cm³/mol. The van der Waals surface area contributed by atoms with E-state index in [0.29, 0.717) is 56.4 Å². The minimum absolute atomic E-state index is 0.0454. The summed E-state index contributed by atoms with van der Waals surface area (Å²) in [6.07, 6.45) is 0. The molecule has 2 heterocycles. The number of likely N-dealkylation sites (N-methyl/N-ethyl adjacent to an activating group) is 1. The first-order valence-electron chi connectivity index (χ1n) is 12.4. The number of rotatable bonds is 7. The number of amides is 2. The molecule has 10 heteroatoms. The standard InChI is InChI=1S/C29H28ClN5O4/c1-17(36)35(14-13-33(2)3)21-9-7-20(8-10-21)31-27(18-5-12-24-25(15-18)39-29(38)34(24)4)26-22-11-6-19(30)16-23(22)32-28(26)37/h5-12,15-16,31H,13-14H2,1-4H3,(H,32,37)/b27-26-. The molecule has 9 nitrogen and oxygen atoms in total. The maximum atomic E-state index is 13.2. The highest BCUT2D eigenvalue weighted by Gasteiger charge is 2.29. The van der Waals surface area contributed by atoms with E-state index >= 15 is 0 Å². The number of oxazole rings is 1. The quantitative estimate of drug-likeness (QED) is 0.328. The lowest BCUT2D eigenvalue weighted by Crippen LogP contribution is -2.35. The van der Waals surface area contributed by atoms with Crippen LogP contribution in [-0.4, -0.2) is 48.5 Å². The van der Waals surface area contributed by atoms with E-state index in [4.69, 9.17) is 16.0 Å². The number of aromatic nitrogens is 1. The van der Waals surface area contributed by atoms with Crippen LogP contribution in [0.1, 0.15) is 18.1 Å². The maximum Gasteiger partial charge on any atom is 0.419 e. The van der Waals surface area contributed by atoms with Crippen LogP contribution in [0.2, 0.25) is 5.02 Å². The Balaban J connectivity index is 1.58. The molecule has 0 aliphatic carbocycles. The van der Waals surface area contributed by atoms with E-state index in [2.05, 4.69) is 10.6 Å². The van der Waals surface area contributed by atoms with Crippen molar-refractivity contribution in [2.45, 2.75) is 6.92 Å². The summed E-state index contributed by atoms with van der Waals surface area (Å²) in [5.74, 6) is -0.800. The number of carbonyl (C=O) groups excluding carboxylic acids is 2. The van der Waals surface area contributed by atoms with Gasteiger partial charge in [-0.15, -0.1) is 0 Å². The molecule has 0 bridgehead atoms. The highest BCUT2D eigenvalue weighted by atomic mass is 35.5. The van der Waals surface area contributed by atoms with Gasteiger partial charge in [0.25, 0.3) is 5.91 Å². The summed E-state index contributed by atoms with van der Waals surface area (Å²) >= 11 is 6.17. The van der Waals surface area contributed by atoms with Gasteiger partial charge >= 0.3 is 5.76 Å². The minimum atomic E-state index is -0.470. The second-order valence-electron chi connectivity index (χ2n) is 9.65. The molecule has 0 saturated heterocycles. The van der Waals surface area contributed by atoms with E-state index in [1.807, 2.05) is 49.3 Å². The van der Waals surface area contributed by atoms with Crippen LogP contribution >= 0.6 is 11.6 Å². The zero-order chi connectivity index (χ0) is 27.8. The third-order valence-electron chi connectivity index (χ3n) is 6.66. The van der Waals surface area contributed by atoms with Crippen LogP contribution in [0, 0.1) is 0 Å². The molecule has 200 valence electrons. The summed E-state index contributed by atoms with van der Waals surface area (Å²) in [5, 5.41) is 6.80. The summed E-state index contributed by atoms with van der Waals surface area (Å²) in [7, 11) is 5.56. The summed E-state index contributed by atoms with van der Waals surface area (Å²) in [6, 6.07) is 18.0. The molecule has 0 spiro atoms. The van der Waals surface area contributed by atoms with Crippen molar-refractivity contribution in [1.82, 2.24) is 9.47 Å². The number of carbonyl (C=O) groups is 2. The van der Waals surface area contributed by atoms with Crippen molar-refractivity contribution in [1.29, 1.82) is 0 Å². The van der Waals surface area contributed by atoms with E-state index in [-0.39, 0.29) is 11.8 Å². The average Bonchev–Trinajstić information content (AvgIpc) is 3.36. The zero-order valence-electron chi connectivity index (χ0n) is 22.0. The van der Waals surface area contributed by atoms with Crippen LogP contribution in [-0.2, 0) is 16.6 Å². The van der Waals surface area contributed by atoms with Gasteiger partial charge in [0.2, 0.25) is 5.91 Å². The monoisotopic (exact) mass is 545 g/mol. The molecule has 1 aliphatic rings. The third-order valence-corrected chi connectivity index (χ3v) is 6.89. The normalized spacial score (nSPS) is 13.9. The highest BCUT2D eigenvalue weighted by molar-refractivity contribution is 6.38. The fraction of sp³-hybridized carbons (Fsp3) is 0.207. The zero-order valence-corrected chi connectivity index (χ0v) is 22.8. The van der Waals surface area contributed by atoms with Gasteiger partial charge < -0.3 is 24.9 Å². The van der Waals surface area contributed by atoms with Crippen LogP contribution in [0.5, 0.6) is 0 Å². The van der Waals surface area contributed by atoms with Crippen molar-refractivity contribution >= 4 is 62.8 Å². The molecule has 0 fully saturated rings. The van der Waals surface area contributed by atoms with Crippen LogP contribution in [0.25, 0.3) is 22.4 Å². The number of hydrogen-bond donors (Lipinski definition) is 2. The largest absolute Gasteiger partial charge is 0.419 e. The average molecular weight is 546 g/mol. The van der Waals surface area contributed by atoms with Crippen molar-refractivity contribution in [2.24, 2.45) is 7.05 Å². The lowest BCUT2D eigenvalue weighted by atomic mass is 9.99. The first-order chi connectivity index (χ1) is 18.6. The fourth-order valence-corrected chi connectivity index (χ4v) is 4.77. The van der Waals surface area contributed by atoms with Crippen LogP contribution in [0.4, 0.5) is 17.1 Å². The molecular weight excluding hydrogens is 518 g/mol. The van der Waals surface area contributed by atoms with Gasteiger partial charge in [0, 0.05) is 54.6 Å². The van der Waals surface area contributed by atoms with E-state index in [1.54, 1.807) is 49.2 Å². The molecule has 1 aromatic heterocycles. The van der Waals surface area contributed by atoms with E-state index in [0.717, 1.165) is 12.2 Å². The second-order valence-corrected chi connectivity index (χ2v) is 10.1. The van der Waals surface area contributed by atoms with E-state index in [1.165, 1.54) is 4.57 Å². The Labute approximate surface area is 230 Å². The van der Waals surface area contributed by atoms with Crippen molar-refractivity contribution in [3.63, 3.8) is 0 Å². The molecule has 0 radical (unpaired) electrons. The van der Waals surface area contributed by atoms with Crippen molar-refractivity contribution in [2.75, 3.05) is 42.7 Å². The number of halogens is 1. The van der Waals surface area contributed by atoms with Gasteiger partial charge in [-0.25, -0.2) is 4.79 Å². The molecule has 0 atom stereocenters. The van der Waals surface area contributed by atoms with Crippen LogP contribution in [0.15, 0.2) is 69.9 Å². The first-order valence-corrected chi connectivity index (χ1v) is 12.8. The van der Waals surface area contributed by atoms with Gasteiger partial charge in [0.05, 0.1) is 22.5 Å². The van der Waals surface area contributed by atoms with E-state index in [9.17, 15) is 14.4 Å². The molecule has 3 aromatic carbocycles. The Morgan fingerprint density at radius 3 is 2.46 bits per heavy atom. The lowest BCUT2D eigenvalue weighted by molar-refractivity contribution is -0.116. The Morgan fingerprint density at radius 1 is 1.03 bits per heavy atom. The molecule has 5 rings (SSSR count). The predicted octanol–water partition coefficient (Wildman–Crippen LogP) is 4.63. The van der Waals surface area contributed by atoms with Gasteiger partial charge in [0.15, 0.2) is 5.58 Å². The lowest BCUT2D eigenvalue weighted by Gasteiger charge is -2.23. The number of hydrogen-bond acceptors (Lipinski definition) is 6. The number of benzene rings is 3. The van der Waals surface area contributed by atoms with Crippen molar-refractivity contribution in [3.05, 3.63) is 87.4 Å².